The lowest BCUT2D eigenvalue weighted by Gasteiger charge is -2.21. The second kappa shape index (κ2) is 5.73. The van der Waals surface area contributed by atoms with Crippen LogP contribution in [0.1, 0.15) is 12.0 Å². The molecule has 2 aliphatic rings. The van der Waals surface area contributed by atoms with Crippen LogP contribution in [0.2, 0.25) is 0 Å². The smallest absolute Gasteiger partial charge is 0.229 e. The van der Waals surface area contributed by atoms with E-state index in [1.54, 1.807) is 4.90 Å². The lowest BCUT2D eigenvalue weighted by molar-refractivity contribution is -0.122. The molecule has 1 amide bonds. The van der Waals surface area contributed by atoms with Crippen molar-refractivity contribution in [2.45, 2.75) is 37.3 Å². The molecule has 0 spiro atoms. The number of carbonyl (C=O) groups is 1. The van der Waals surface area contributed by atoms with Crippen LogP contribution < -0.4 is 10.6 Å². The summed E-state index contributed by atoms with van der Waals surface area (Å²) in [5, 5.41) is 19.7. The van der Waals surface area contributed by atoms with Gasteiger partial charge in [-0.3, -0.25) is 4.79 Å². The quantitative estimate of drug-likeness (QED) is 0.692. The number of hydrogen-bond acceptors (Lipinski definition) is 5. The Labute approximate surface area is 123 Å². The van der Waals surface area contributed by atoms with Gasteiger partial charge in [-0.2, -0.15) is 0 Å². The van der Waals surface area contributed by atoms with Gasteiger partial charge in [-0.1, -0.05) is 18.2 Å². The van der Waals surface area contributed by atoms with Crippen molar-refractivity contribution >= 4 is 11.6 Å². The molecule has 0 unspecified atom stereocenters. The fourth-order valence-corrected chi connectivity index (χ4v) is 3.07. The number of aliphatic hydroxyl groups excluding tert-OH is 2. The first-order valence-electron chi connectivity index (χ1n) is 7.21. The monoisotopic (exact) mass is 292 g/mol. The Kier molecular flexibility index (Phi) is 3.95. The van der Waals surface area contributed by atoms with Gasteiger partial charge in [0.15, 0.2) is 0 Å². The van der Waals surface area contributed by atoms with Crippen molar-refractivity contribution in [3.8, 4) is 0 Å². The van der Waals surface area contributed by atoms with Crippen LogP contribution in [0.4, 0.5) is 5.69 Å². The molecular weight excluding hydrogens is 272 g/mol. The van der Waals surface area contributed by atoms with E-state index in [0.717, 1.165) is 17.7 Å². The summed E-state index contributed by atoms with van der Waals surface area (Å²) in [6, 6.07) is 7.79. The molecule has 0 radical (unpaired) electrons. The van der Waals surface area contributed by atoms with Crippen molar-refractivity contribution in [1.82, 2.24) is 0 Å². The summed E-state index contributed by atoms with van der Waals surface area (Å²) in [5.74, 6) is -0.103. The first-order chi connectivity index (χ1) is 10.1. The number of fused-ring (bicyclic) bond motifs is 1. The van der Waals surface area contributed by atoms with Crippen LogP contribution in [-0.4, -0.2) is 53.6 Å². The Morgan fingerprint density at radius 2 is 2.00 bits per heavy atom. The number of carbonyl (C=O) groups excluding carboxylic acids is 1. The zero-order valence-corrected chi connectivity index (χ0v) is 11.7. The van der Waals surface area contributed by atoms with Crippen LogP contribution in [-0.2, 0) is 16.0 Å². The van der Waals surface area contributed by atoms with E-state index in [0.29, 0.717) is 6.54 Å². The third-order valence-corrected chi connectivity index (χ3v) is 4.26. The standard InChI is InChI=1S/C15H20N2O4/c16-8-12-15(20)14(19)11(21-12)7-13(18)17-6-5-9-3-1-2-4-10(9)17/h1-4,11-12,14-15,19-20H,5-8,16H2/t11-,12+,14-,15+/m1/s1. The highest BCUT2D eigenvalue weighted by molar-refractivity contribution is 5.95. The van der Waals surface area contributed by atoms with E-state index >= 15 is 0 Å². The highest BCUT2D eigenvalue weighted by Gasteiger charge is 2.43. The maximum atomic E-state index is 12.4. The number of nitrogens with two attached hydrogens (primary N) is 1. The highest BCUT2D eigenvalue weighted by Crippen LogP contribution is 2.30. The summed E-state index contributed by atoms with van der Waals surface area (Å²) in [6.45, 7) is 0.763. The van der Waals surface area contributed by atoms with Crippen molar-refractivity contribution in [2.75, 3.05) is 18.0 Å². The van der Waals surface area contributed by atoms with Crippen LogP contribution in [0.5, 0.6) is 0 Å². The Morgan fingerprint density at radius 3 is 2.71 bits per heavy atom. The molecule has 6 heteroatoms. The number of ether oxygens (including phenoxy) is 1. The summed E-state index contributed by atoms with van der Waals surface area (Å²) < 4.78 is 5.48. The number of nitrogens with zero attached hydrogens (tertiary/aromatic N) is 1. The maximum absolute atomic E-state index is 12.4. The summed E-state index contributed by atoms with van der Waals surface area (Å²) in [4.78, 5) is 14.1. The van der Waals surface area contributed by atoms with Crippen molar-refractivity contribution in [2.24, 2.45) is 5.73 Å². The van der Waals surface area contributed by atoms with Gasteiger partial charge in [0.05, 0.1) is 18.6 Å². The highest BCUT2D eigenvalue weighted by atomic mass is 16.5. The molecule has 6 nitrogen and oxygen atoms in total. The maximum Gasteiger partial charge on any atom is 0.229 e. The minimum Gasteiger partial charge on any atom is -0.388 e. The van der Waals surface area contributed by atoms with E-state index < -0.39 is 24.4 Å². The van der Waals surface area contributed by atoms with E-state index in [2.05, 4.69) is 0 Å². The van der Waals surface area contributed by atoms with Crippen molar-refractivity contribution in [3.05, 3.63) is 29.8 Å². The summed E-state index contributed by atoms with van der Waals surface area (Å²) in [6.07, 6.45) is -2.52. The first kappa shape index (κ1) is 14.5. The molecule has 0 aromatic heterocycles. The first-order valence-corrected chi connectivity index (χ1v) is 7.21. The van der Waals surface area contributed by atoms with Crippen LogP contribution in [0.25, 0.3) is 0 Å². The van der Waals surface area contributed by atoms with E-state index in [1.165, 1.54) is 0 Å². The second-order valence-corrected chi connectivity index (χ2v) is 5.56. The number of aliphatic hydroxyl groups is 2. The molecule has 3 rings (SSSR count). The van der Waals surface area contributed by atoms with Crippen molar-refractivity contribution in [3.63, 3.8) is 0 Å². The predicted octanol–water partition coefficient (Wildman–Crippen LogP) is -0.586. The lowest BCUT2D eigenvalue weighted by atomic mass is 10.1. The van der Waals surface area contributed by atoms with Gasteiger partial charge in [-0.15, -0.1) is 0 Å². The van der Waals surface area contributed by atoms with Gasteiger partial charge in [-0.25, -0.2) is 0 Å². The largest absolute Gasteiger partial charge is 0.388 e. The Balaban J connectivity index is 1.68. The minimum absolute atomic E-state index is 0.0447. The van der Waals surface area contributed by atoms with Crippen LogP contribution in [0.3, 0.4) is 0 Å². The van der Waals surface area contributed by atoms with E-state index in [-0.39, 0.29) is 18.9 Å². The Morgan fingerprint density at radius 1 is 1.29 bits per heavy atom. The zero-order valence-electron chi connectivity index (χ0n) is 11.7. The molecule has 2 aliphatic heterocycles. The molecule has 4 atom stereocenters. The number of anilines is 1. The van der Waals surface area contributed by atoms with E-state index in [9.17, 15) is 15.0 Å². The van der Waals surface area contributed by atoms with Gasteiger partial charge in [0.2, 0.25) is 5.91 Å². The predicted molar refractivity (Wildman–Crippen MR) is 76.8 cm³/mol. The molecule has 21 heavy (non-hydrogen) atoms. The lowest BCUT2D eigenvalue weighted by Crippen LogP contribution is -2.38. The molecule has 1 aromatic carbocycles. The number of hydrogen-bond donors (Lipinski definition) is 3. The molecule has 1 fully saturated rings. The fraction of sp³-hybridized carbons (Fsp3) is 0.533. The third kappa shape index (κ3) is 2.55. The summed E-state index contributed by atoms with van der Waals surface area (Å²) in [7, 11) is 0. The molecule has 4 N–H and O–H groups in total. The molecule has 0 saturated carbocycles. The van der Waals surface area contributed by atoms with Crippen LogP contribution in [0.15, 0.2) is 24.3 Å². The number of rotatable bonds is 3. The number of amides is 1. The second-order valence-electron chi connectivity index (χ2n) is 5.56. The van der Waals surface area contributed by atoms with Gasteiger partial charge in [0.1, 0.15) is 12.2 Å². The van der Waals surface area contributed by atoms with Crippen LogP contribution in [0, 0.1) is 0 Å². The molecule has 2 heterocycles. The molecule has 0 aliphatic carbocycles. The van der Waals surface area contributed by atoms with Crippen molar-refractivity contribution < 1.29 is 19.7 Å². The molecule has 0 bridgehead atoms. The van der Waals surface area contributed by atoms with Crippen molar-refractivity contribution in [1.29, 1.82) is 0 Å². The zero-order chi connectivity index (χ0) is 15.0. The number of benzene rings is 1. The van der Waals surface area contributed by atoms with E-state index in [4.69, 9.17) is 10.5 Å². The SMILES string of the molecule is NC[C@@H]1O[C@H](CC(=O)N2CCc3ccccc32)[C@@H](O)[C@H]1O. The molecule has 1 aromatic rings. The van der Waals surface area contributed by atoms with Gasteiger partial charge in [0.25, 0.3) is 0 Å². The molecular formula is C15H20N2O4. The third-order valence-electron chi connectivity index (χ3n) is 4.26. The Bertz CT molecular complexity index is 536. The fourth-order valence-electron chi connectivity index (χ4n) is 3.07. The van der Waals surface area contributed by atoms with E-state index in [1.807, 2.05) is 24.3 Å². The average Bonchev–Trinajstić information content (AvgIpc) is 3.03. The number of para-hydroxylation sites is 1. The van der Waals surface area contributed by atoms with Gasteiger partial charge < -0.3 is 25.6 Å². The minimum atomic E-state index is -1.07. The average molecular weight is 292 g/mol. The normalized spacial score (nSPS) is 31.5. The summed E-state index contributed by atoms with van der Waals surface area (Å²) >= 11 is 0. The van der Waals surface area contributed by atoms with Gasteiger partial charge in [-0.05, 0) is 18.1 Å². The Hall–Kier alpha value is -1.47. The van der Waals surface area contributed by atoms with Crippen LogP contribution >= 0.6 is 0 Å². The van der Waals surface area contributed by atoms with Gasteiger partial charge in [0, 0.05) is 18.8 Å². The molecule has 1 saturated heterocycles. The molecule has 114 valence electrons. The topological polar surface area (TPSA) is 96.0 Å². The summed E-state index contributed by atoms with van der Waals surface area (Å²) in [5.41, 5.74) is 7.55. The van der Waals surface area contributed by atoms with Gasteiger partial charge >= 0.3 is 0 Å².